The summed E-state index contributed by atoms with van der Waals surface area (Å²) in [5.41, 5.74) is 4.00. The van der Waals surface area contributed by atoms with Crippen LogP contribution in [0.4, 0.5) is 10.5 Å². The number of hydrogen-bond acceptors (Lipinski definition) is 6. The summed E-state index contributed by atoms with van der Waals surface area (Å²) in [7, 11) is 1.90. The average Bonchev–Trinajstić information content (AvgIpc) is 3.32. The van der Waals surface area contributed by atoms with Crippen molar-refractivity contribution >= 4 is 22.8 Å². The van der Waals surface area contributed by atoms with Crippen LogP contribution >= 0.6 is 0 Å². The van der Waals surface area contributed by atoms with Gasteiger partial charge in [-0.3, -0.25) is 4.68 Å². The molecule has 2 fully saturated rings. The monoisotopic (exact) mass is 396 g/mol. The van der Waals surface area contributed by atoms with E-state index in [2.05, 4.69) is 26.0 Å². The molecule has 0 aromatic carbocycles. The van der Waals surface area contributed by atoms with E-state index in [4.69, 9.17) is 9.47 Å². The first-order valence-corrected chi connectivity index (χ1v) is 9.88. The van der Waals surface area contributed by atoms with E-state index in [0.717, 1.165) is 41.1 Å². The first kappa shape index (κ1) is 18.0. The van der Waals surface area contributed by atoms with Crippen LogP contribution < -0.4 is 4.90 Å². The molecule has 0 spiro atoms. The van der Waals surface area contributed by atoms with Gasteiger partial charge in [0, 0.05) is 68.2 Å². The van der Waals surface area contributed by atoms with Gasteiger partial charge in [-0.25, -0.2) is 9.78 Å². The van der Waals surface area contributed by atoms with Gasteiger partial charge in [0.05, 0.1) is 25.1 Å². The molecule has 3 aromatic heterocycles. The summed E-state index contributed by atoms with van der Waals surface area (Å²) in [6.45, 7) is 4.63. The lowest BCUT2D eigenvalue weighted by Gasteiger charge is -2.36. The normalized spacial score (nSPS) is 17.6. The molecule has 2 aliphatic rings. The van der Waals surface area contributed by atoms with Crippen molar-refractivity contribution in [1.29, 1.82) is 0 Å². The topological polar surface area (TPSA) is 88.5 Å². The molecule has 1 N–H and O–H groups in total. The standard InChI is InChI=1S/C20H24N6O3/c1-24-10-15(9-22-24)17-8-16-18(2-3-21-19(16)23-17)25-4-6-26(7-5-25)20(27)29-13-14-11-28-12-14/h2-3,8-10,14H,4-7,11-13H2,1H3,(H,21,23). The van der Waals surface area contributed by atoms with Gasteiger partial charge in [0.2, 0.25) is 0 Å². The zero-order valence-electron chi connectivity index (χ0n) is 16.4. The van der Waals surface area contributed by atoms with Crippen molar-refractivity contribution in [2.45, 2.75) is 0 Å². The Hall–Kier alpha value is -3.07. The number of aryl methyl sites for hydroxylation is 1. The number of aromatic nitrogens is 4. The van der Waals surface area contributed by atoms with E-state index in [-0.39, 0.29) is 6.09 Å². The number of pyridine rings is 1. The van der Waals surface area contributed by atoms with E-state index in [0.29, 0.717) is 38.8 Å². The SMILES string of the molecule is Cn1cc(-c2cc3c(N4CCN(C(=O)OCC5COC5)CC4)ccnc3[nH]2)cn1. The molecular formula is C20H24N6O3. The highest BCUT2D eigenvalue weighted by atomic mass is 16.6. The Labute approximate surface area is 168 Å². The number of piperazine rings is 1. The summed E-state index contributed by atoms with van der Waals surface area (Å²) < 4.78 is 12.3. The van der Waals surface area contributed by atoms with Crippen LogP contribution in [0.15, 0.2) is 30.7 Å². The number of H-pyrrole nitrogens is 1. The molecule has 5 rings (SSSR count). The number of carbonyl (C=O) groups excluding carboxylic acids is 1. The van der Waals surface area contributed by atoms with Gasteiger partial charge in [0.15, 0.2) is 0 Å². The van der Waals surface area contributed by atoms with Gasteiger partial charge < -0.3 is 24.3 Å². The number of carbonyl (C=O) groups is 1. The molecule has 2 saturated heterocycles. The molecule has 0 radical (unpaired) electrons. The predicted octanol–water partition coefficient (Wildman–Crippen LogP) is 1.87. The summed E-state index contributed by atoms with van der Waals surface area (Å²) in [6.07, 6.45) is 5.41. The summed E-state index contributed by atoms with van der Waals surface area (Å²) in [5, 5.41) is 5.32. The van der Waals surface area contributed by atoms with E-state index in [1.807, 2.05) is 31.7 Å². The second-order valence-electron chi connectivity index (χ2n) is 7.63. The third kappa shape index (κ3) is 3.53. The molecule has 5 heterocycles. The molecule has 0 unspecified atom stereocenters. The minimum Gasteiger partial charge on any atom is -0.449 e. The Morgan fingerprint density at radius 1 is 1.31 bits per heavy atom. The molecule has 0 aliphatic carbocycles. The molecule has 3 aromatic rings. The molecule has 1 amide bonds. The molecule has 0 bridgehead atoms. The van der Waals surface area contributed by atoms with Crippen LogP contribution in [-0.2, 0) is 16.5 Å². The molecule has 9 nitrogen and oxygen atoms in total. The van der Waals surface area contributed by atoms with E-state index in [1.54, 1.807) is 9.58 Å². The Morgan fingerprint density at radius 3 is 2.83 bits per heavy atom. The summed E-state index contributed by atoms with van der Waals surface area (Å²) in [4.78, 5) is 24.2. The minimum atomic E-state index is -0.225. The van der Waals surface area contributed by atoms with Crippen LogP contribution in [0.25, 0.3) is 22.3 Å². The Morgan fingerprint density at radius 2 is 2.14 bits per heavy atom. The second kappa shape index (κ2) is 7.40. The highest BCUT2D eigenvalue weighted by Crippen LogP contribution is 2.30. The fourth-order valence-electron chi connectivity index (χ4n) is 3.80. The van der Waals surface area contributed by atoms with Gasteiger partial charge in [-0.05, 0) is 12.1 Å². The van der Waals surface area contributed by atoms with Crippen molar-refractivity contribution in [1.82, 2.24) is 24.6 Å². The summed E-state index contributed by atoms with van der Waals surface area (Å²) >= 11 is 0. The fourth-order valence-corrected chi connectivity index (χ4v) is 3.80. The molecule has 152 valence electrons. The van der Waals surface area contributed by atoms with Gasteiger partial charge in [0.25, 0.3) is 0 Å². The zero-order valence-corrected chi connectivity index (χ0v) is 16.4. The maximum Gasteiger partial charge on any atom is 0.409 e. The lowest BCUT2D eigenvalue weighted by atomic mass is 10.1. The maximum absolute atomic E-state index is 12.3. The fraction of sp³-hybridized carbons (Fsp3) is 0.450. The van der Waals surface area contributed by atoms with Gasteiger partial charge >= 0.3 is 6.09 Å². The number of amides is 1. The molecule has 2 aliphatic heterocycles. The van der Waals surface area contributed by atoms with E-state index in [9.17, 15) is 4.79 Å². The summed E-state index contributed by atoms with van der Waals surface area (Å²) in [6, 6.07) is 4.16. The van der Waals surface area contributed by atoms with Crippen LogP contribution in [0, 0.1) is 5.92 Å². The Kier molecular flexibility index (Phi) is 4.59. The predicted molar refractivity (Wildman–Crippen MR) is 108 cm³/mol. The van der Waals surface area contributed by atoms with Crippen molar-refractivity contribution in [3.8, 4) is 11.3 Å². The zero-order chi connectivity index (χ0) is 19.8. The largest absolute Gasteiger partial charge is 0.449 e. The summed E-state index contributed by atoms with van der Waals surface area (Å²) in [5.74, 6) is 0.355. The molecule has 0 saturated carbocycles. The van der Waals surface area contributed by atoms with E-state index < -0.39 is 0 Å². The number of rotatable bonds is 4. The van der Waals surface area contributed by atoms with E-state index >= 15 is 0 Å². The van der Waals surface area contributed by atoms with Crippen LogP contribution in [-0.4, -0.2) is 76.7 Å². The van der Waals surface area contributed by atoms with Crippen molar-refractivity contribution in [2.24, 2.45) is 13.0 Å². The lowest BCUT2D eigenvalue weighted by Crippen LogP contribution is -2.49. The number of anilines is 1. The first-order chi connectivity index (χ1) is 14.2. The van der Waals surface area contributed by atoms with Gasteiger partial charge in [-0.15, -0.1) is 0 Å². The van der Waals surface area contributed by atoms with E-state index in [1.165, 1.54) is 0 Å². The first-order valence-electron chi connectivity index (χ1n) is 9.88. The molecule has 9 heteroatoms. The highest BCUT2D eigenvalue weighted by molar-refractivity contribution is 5.93. The van der Waals surface area contributed by atoms with Crippen LogP contribution in [0.5, 0.6) is 0 Å². The maximum atomic E-state index is 12.3. The Bertz CT molecular complexity index is 1020. The smallest absolute Gasteiger partial charge is 0.409 e. The molecule has 0 atom stereocenters. The number of hydrogen-bond donors (Lipinski definition) is 1. The van der Waals surface area contributed by atoms with Crippen molar-refractivity contribution < 1.29 is 14.3 Å². The third-order valence-electron chi connectivity index (χ3n) is 5.55. The number of nitrogens with one attached hydrogen (secondary N) is 1. The Balaban J connectivity index is 1.27. The number of fused-ring (bicyclic) bond motifs is 1. The molecule has 29 heavy (non-hydrogen) atoms. The quantitative estimate of drug-likeness (QED) is 0.724. The van der Waals surface area contributed by atoms with Crippen LogP contribution in [0.3, 0.4) is 0 Å². The second-order valence-corrected chi connectivity index (χ2v) is 7.63. The number of ether oxygens (including phenoxy) is 2. The van der Waals surface area contributed by atoms with Gasteiger partial charge in [-0.2, -0.15) is 5.10 Å². The molecular weight excluding hydrogens is 372 g/mol. The van der Waals surface area contributed by atoms with Crippen molar-refractivity contribution in [2.75, 3.05) is 50.9 Å². The number of aromatic amines is 1. The van der Waals surface area contributed by atoms with Crippen molar-refractivity contribution in [3.63, 3.8) is 0 Å². The minimum absolute atomic E-state index is 0.225. The lowest BCUT2D eigenvalue weighted by molar-refractivity contribution is -0.0612. The highest BCUT2D eigenvalue weighted by Gasteiger charge is 2.26. The average molecular weight is 396 g/mol. The van der Waals surface area contributed by atoms with Crippen LogP contribution in [0.2, 0.25) is 0 Å². The van der Waals surface area contributed by atoms with Gasteiger partial charge in [-0.1, -0.05) is 0 Å². The number of nitrogens with zero attached hydrogens (tertiary/aromatic N) is 5. The third-order valence-corrected chi connectivity index (χ3v) is 5.55. The van der Waals surface area contributed by atoms with Crippen LogP contribution in [0.1, 0.15) is 0 Å². The van der Waals surface area contributed by atoms with Gasteiger partial charge in [0.1, 0.15) is 12.3 Å². The van der Waals surface area contributed by atoms with Crippen molar-refractivity contribution in [3.05, 3.63) is 30.7 Å².